The summed E-state index contributed by atoms with van der Waals surface area (Å²) in [6, 6.07) is 15.1. The Kier molecular flexibility index (Phi) is 4.59. The van der Waals surface area contributed by atoms with Crippen molar-refractivity contribution in [2.75, 3.05) is 0 Å². The zero-order valence-corrected chi connectivity index (χ0v) is 16.0. The fourth-order valence-electron chi connectivity index (χ4n) is 2.95. The Balaban J connectivity index is 1.73. The maximum atomic E-state index is 12.0. The molecule has 3 heterocycles. The lowest BCUT2D eigenvalue weighted by atomic mass is 10.1. The van der Waals surface area contributed by atoms with Crippen molar-refractivity contribution in [2.24, 2.45) is 5.73 Å². The molecular formula is C20H16ClN3O2S. The van der Waals surface area contributed by atoms with E-state index < -0.39 is 5.91 Å². The quantitative estimate of drug-likeness (QED) is 0.517. The summed E-state index contributed by atoms with van der Waals surface area (Å²) in [5.41, 5.74) is 8.29. The first-order chi connectivity index (χ1) is 13.0. The van der Waals surface area contributed by atoms with Gasteiger partial charge < -0.3 is 10.5 Å². The third-order valence-corrected chi connectivity index (χ3v) is 5.77. The smallest absolute Gasteiger partial charge is 0.262 e. The predicted molar refractivity (Wildman–Crippen MR) is 108 cm³/mol. The summed E-state index contributed by atoms with van der Waals surface area (Å²) in [5, 5.41) is 4.96. The second-order valence-corrected chi connectivity index (χ2v) is 7.50. The van der Waals surface area contributed by atoms with E-state index in [2.05, 4.69) is 5.10 Å². The summed E-state index contributed by atoms with van der Waals surface area (Å²) in [4.78, 5) is 13.2. The zero-order valence-electron chi connectivity index (χ0n) is 14.4. The van der Waals surface area contributed by atoms with Crippen LogP contribution in [0.1, 0.15) is 28.3 Å². The number of hydrogen-bond donors (Lipinski definition) is 1. The van der Waals surface area contributed by atoms with Gasteiger partial charge in [-0.2, -0.15) is 5.10 Å². The van der Waals surface area contributed by atoms with Crippen LogP contribution in [0.2, 0.25) is 5.02 Å². The fourth-order valence-corrected chi connectivity index (χ4v) is 4.20. The monoisotopic (exact) mass is 397 g/mol. The number of fused-ring (bicyclic) bond motifs is 1. The van der Waals surface area contributed by atoms with Gasteiger partial charge in [0.15, 0.2) is 0 Å². The Hall–Kier alpha value is -2.83. The molecule has 1 amide bonds. The van der Waals surface area contributed by atoms with E-state index in [-0.39, 0.29) is 6.10 Å². The van der Waals surface area contributed by atoms with Crippen molar-refractivity contribution < 1.29 is 9.53 Å². The molecule has 4 aromatic rings. The molecule has 3 aromatic heterocycles. The molecule has 0 aliphatic heterocycles. The first-order valence-electron chi connectivity index (χ1n) is 8.32. The molecule has 136 valence electrons. The topological polar surface area (TPSA) is 69.6 Å². The maximum Gasteiger partial charge on any atom is 0.262 e. The number of amides is 1. The van der Waals surface area contributed by atoms with Gasteiger partial charge in [-0.05, 0) is 31.2 Å². The van der Waals surface area contributed by atoms with E-state index >= 15 is 0 Å². The van der Waals surface area contributed by atoms with E-state index in [4.69, 9.17) is 22.1 Å². The van der Waals surface area contributed by atoms with Crippen LogP contribution in [0.3, 0.4) is 0 Å². The molecule has 1 atom stereocenters. The van der Waals surface area contributed by atoms with Crippen molar-refractivity contribution >= 4 is 34.4 Å². The number of rotatable bonds is 5. The highest BCUT2D eigenvalue weighted by Gasteiger charge is 2.21. The molecule has 0 spiro atoms. The van der Waals surface area contributed by atoms with E-state index in [0.717, 1.165) is 21.5 Å². The van der Waals surface area contributed by atoms with E-state index in [9.17, 15) is 4.79 Å². The highest BCUT2D eigenvalue weighted by Crippen LogP contribution is 2.40. The maximum absolute atomic E-state index is 12.0. The van der Waals surface area contributed by atoms with Gasteiger partial charge in [0.05, 0.1) is 11.7 Å². The molecular weight excluding hydrogens is 382 g/mol. The molecule has 5 nitrogen and oxygen atoms in total. The number of nitrogens with two attached hydrogens (primary N) is 1. The highest BCUT2D eigenvalue weighted by atomic mass is 35.5. The van der Waals surface area contributed by atoms with Crippen molar-refractivity contribution in [3.63, 3.8) is 0 Å². The molecule has 1 aromatic carbocycles. The van der Waals surface area contributed by atoms with Crippen molar-refractivity contribution in [3.8, 4) is 16.2 Å². The van der Waals surface area contributed by atoms with Crippen LogP contribution in [-0.4, -0.2) is 15.5 Å². The summed E-state index contributed by atoms with van der Waals surface area (Å²) < 4.78 is 7.85. The van der Waals surface area contributed by atoms with Crippen LogP contribution in [0, 0.1) is 0 Å². The first kappa shape index (κ1) is 17.6. The number of hydrogen-bond acceptors (Lipinski definition) is 4. The fraction of sp³-hybridized carbons (Fsp3) is 0.100. The molecule has 0 fully saturated rings. The van der Waals surface area contributed by atoms with Crippen LogP contribution in [0.25, 0.3) is 16.0 Å². The molecule has 7 heteroatoms. The lowest BCUT2D eigenvalue weighted by molar-refractivity contribution is 0.0998. The lowest BCUT2D eigenvalue weighted by Gasteiger charge is -2.16. The van der Waals surface area contributed by atoms with E-state index in [1.54, 1.807) is 10.7 Å². The van der Waals surface area contributed by atoms with Gasteiger partial charge in [0.1, 0.15) is 16.7 Å². The van der Waals surface area contributed by atoms with Gasteiger partial charge in [0.2, 0.25) is 0 Å². The largest absolute Gasteiger partial charge is 0.484 e. The number of pyridine rings is 1. The number of halogens is 1. The molecule has 2 N–H and O–H groups in total. The molecule has 4 rings (SSSR count). The second kappa shape index (κ2) is 7.06. The number of ether oxygens (including phenoxy) is 1. The summed E-state index contributed by atoms with van der Waals surface area (Å²) in [5.74, 6) is -0.0747. The number of carbonyl (C=O) groups is 1. The number of aromatic nitrogens is 2. The average Bonchev–Trinajstić information content (AvgIpc) is 3.26. The van der Waals surface area contributed by atoms with Gasteiger partial charge in [0.25, 0.3) is 5.91 Å². The summed E-state index contributed by atoms with van der Waals surface area (Å²) in [6.45, 7) is 1.89. The van der Waals surface area contributed by atoms with Gasteiger partial charge in [-0.3, -0.25) is 4.79 Å². The summed E-state index contributed by atoms with van der Waals surface area (Å²) in [7, 11) is 0. The van der Waals surface area contributed by atoms with Gasteiger partial charge >= 0.3 is 0 Å². The van der Waals surface area contributed by atoms with E-state index in [1.807, 2.05) is 61.7 Å². The van der Waals surface area contributed by atoms with Crippen molar-refractivity contribution in [2.45, 2.75) is 13.0 Å². The summed E-state index contributed by atoms with van der Waals surface area (Å²) in [6.07, 6.45) is 3.31. The number of nitrogens with zero attached hydrogens (tertiary/aromatic N) is 2. The number of primary amides is 1. The van der Waals surface area contributed by atoms with Crippen molar-refractivity contribution in [1.82, 2.24) is 9.61 Å². The first-order valence-corrected chi connectivity index (χ1v) is 9.51. The Morgan fingerprint density at radius 3 is 2.81 bits per heavy atom. The van der Waals surface area contributed by atoms with E-state index in [1.165, 1.54) is 11.3 Å². The molecule has 0 aliphatic rings. The Morgan fingerprint density at radius 1 is 1.26 bits per heavy atom. The van der Waals surface area contributed by atoms with Crippen LogP contribution in [0.15, 0.2) is 60.9 Å². The minimum absolute atomic E-state index is 0.330. The molecule has 0 unspecified atom stereocenters. The van der Waals surface area contributed by atoms with Crippen molar-refractivity contribution in [1.29, 1.82) is 0 Å². The predicted octanol–water partition coefficient (Wildman–Crippen LogP) is 4.96. The zero-order chi connectivity index (χ0) is 19.0. The molecule has 0 bridgehead atoms. The lowest BCUT2D eigenvalue weighted by Crippen LogP contribution is -2.12. The molecule has 0 aliphatic carbocycles. The molecule has 0 saturated heterocycles. The van der Waals surface area contributed by atoms with Gasteiger partial charge in [-0.15, -0.1) is 11.3 Å². The highest BCUT2D eigenvalue weighted by molar-refractivity contribution is 7.17. The number of benzene rings is 1. The van der Waals surface area contributed by atoms with Crippen LogP contribution in [0.5, 0.6) is 5.75 Å². The van der Waals surface area contributed by atoms with Crippen LogP contribution >= 0.6 is 22.9 Å². The Labute approximate surface area is 165 Å². The minimum atomic E-state index is -0.524. The second-order valence-electron chi connectivity index (χ2n) is 6.04. The van der Waals surface area contributed by atoms with Gasteiger partial charge in [-0.25, -0.2) is 4.52 Å². The van der Waals surface area contributed by atoms with E-state index in [0.29, 0.717) is 15.6 Å². The van der Waals surface area contributed by atoms with Crippen molar-refractivity contribution in [3.05, 3.63) is 76.4 Å². The summed E-state index contributed by atoms with van der Waals surface area (Å²) >= 11 is 7.56. The van der Waals surface area contributed by atoms with Gasteiger partial charge in [-0.1, -0.05) is 35.9 Å². The molecule has 0 radical (unpaired) electrons. The third-order valence-electron chi connectivity index (χ3n) is 4.26. The molecule has 0 saturated carbocycles. The Bertz CT molecular complexity index is 1140. The standard InChI is InChI=1S/C20H16ClN3O2S/c1-12(13-6-2-3-7-15(13)21)26-17-10-18(27-19(17)20(22)25)14-11-23-24-9-5-4-8-16(14)24/h2-12H,1H3,(H2,22,25)/t12-/m1/s1. The van der Waals surface area contributed by atoms with Crippen LogP contribution < -0.4 is 10.5 Å². The number of thiophene rings is 1. The Morgan fingerprint density at radius 2 is 2.04 bits per heavy atom. The minimum Gasteiger partial charge on any atom is -0.484 e. The van der Waals surface area contributed by atoms with Crippen LogP contribution in [-0.2, 0) is 0 Å². The SMILES string of the molecule is C[C@@H](Oc1cc(-c2cnn3ccccc23)sc1C(N)=O)c1ccccc1Cl. The average molecular weight is 398 g/mol. The van der Waals surface area contributed by atoms with Crippen LogP contribution in [0.4, 0.5) is 0 Å². The molecule has 27 heavy (non-hydrogen) atoms. The normalized spacial score (nSPS) is 12.2. The van der Waals surface area contributed by atoms with Gasteiger partial charge in [0, 0.05) is 27.2 Å². The third kappa shape index (κ3) is 3.29. The number of carbonyl (C=O) groups excluding carboxylic acids is 1.